The Bertz CT molecular complexity index is 574. The van der Waals surface area contributed by atoms with Gasteiger partial charge in [0, 0.05) is 11.6 Å². The van der Waals surface area contributed by atoms with Gasteiger partial charge in [-0.05, 0) is 30.9 Å². The minimum atomic E-state index is -0.136. The van der Waals surface area contributed by atoms with Gasteiger partial charge in [0.15, 0.2) is 18.1 Å². The van der Waals surface area contributed by atoms with Gasteiger partial charge in [-0.2, -0.15) is 0 Å². The Hall–Kier alpha value is -2.24. The van der Waals surface area contributed by atoms with Crippen LogP contribution in [0.3, 0.4) is 0 Å². The van der Waals surface area contributed by atoms with Crippen molar-refractivity contribution in [3.05, 3.63) is 23.8 Å². The van der Waals surface area contributed by atoms with E-state index in [1.165, 1.54) is 25.5 Å². The van der Waals surface area contributed by atoms with Gasteiger partial charge in [0.1, 0.15) is 0 Å². The highest BCUT2D eigenvalue weighted by Crippen LogP contribution is 2.29. The topological polar surface area (TPSA) is 69.2 Å². The Morgan fingerprint density at radius 2 is 2.08 bits per heavy atom. The van der Waals surface area contributed by atoms with E-state index >= 15 is 0 Å². The molecule has 1 aliphatic carbocycles. The van der Waals surface area contributed by atoms with Gasteiger partial charge in [-0.1, -0.05) is 31.0 Å². The number of carbonyl (C=O) groups excluding carboxylic acids is 1. The van der Waals surface area contributed by atoms with E-state index in [4.69, 9.17) is 14.3 Å². The maximum atomic E-state index is 11.9. The quantitative estimate of drug-likeness (QED) is 0.615. The Kier molecular flexibility index (Phi) is 6.90. The van der Waals surface area contributed by atoms with Crippen LogP contribution < -0.4 is 14.8 Å². The SMILES string of the molecule is COc1cccc(/C=N\OCC(=O)N[C@@H]2CCCC[C@@H]2C)c1OC. The van der Waals surface area contributed by atoms with E-state index in [0.717, 1.165) is 12.0 Å². The Morgan fingerprint density at radius 3 is 2.79 bits per heavy atom. The molecule has 2 rings (SSSR count). The fourth-order valence-corrected chi connectivity index (χ4v) is 2.98. The summed E-state index contributed by atoms with van der Waals surface area (Å²) in [7, 11) is 3.14. The van der Waals surface area contributed by atoms with Crippen LogP contribution in [0.4, 0.5) is 0 Å². The van der Waals surface area contributed by atoms with Crippen molar-refractivity contribution in [2.24, 2.45) is 11.1 Å². The van der Waals surface area contributed by atoms with E-state index in [1.807, 2.05) is 12.1 Å². The Balaban J connectivity index is 1.83. The van der Waals surface area contributed by atoms with Gasteiger partial charge in [-0.15, -0.1) is 0 Å². The van der Waals surface area contributed by atoms with Gasteiger partial charge in [0.25, 0.3) is 5.91 Å². The fraction of sp³-hybridized carbons (Fsp3) is 0.556. The van der Waals surface area contributed by atoms with Crippen LogP contribution in [0, 0.1) is 5.92 Å². The second kappa shape index (κ2) is 9.15. The molecule has 1 fully saturated rings. The molecule has 0 spiro atoms. The van der Waals surface area contributed by atoms with Gasteiger partial charge < -0.3 is 19.6 Å². The second-order valence-corrected chi connectivity index (χ2v) is 6.03. The summed E-state index contributed by atoms with van der Waals surface area (Å²) in [6, 6.07) is 5.71. The first-order valence-electron chi connectivity index (χ1n) is 8.31. The van der Waals surface area contributed by atoms with E-state index < -0.39 is 0 Å². The van der Waals surface area contributed by atoms with Crippen LogP contribution in [0.5, 0.6) is 11.5 Å². The number of rotatable bonds is 7. The zero-order chi connectivity index (χ0) is 17.4. The number of para-hydroxylation sites is 1. The van der Waals surface area contributed by atoms with Crippen molar-refractivity contribution < 1.29 is 19.1 Å². The van der Waals surface area contributed by atoms with Gasteiger partial charge in [0.05, 0.1) is 20.4 Å². The normalized spacial score (nSPS) is 20.6. The number of benzene rings is 1. The van der Waals surface area contributed by atoms with Crippen molar-refractivity contribution in [3.63, 3.8) is 0 Å². The van der Waals surface area contributed by atoms with Gasteiger partial charge >= 0.3 is 0 Å². The zero-order valence-corrected chi connectivity index (χ0v) is 14.6. The number of nitrogens with one attached hydrogen (secondary N) is 1. The predicted octanol–water partition coefficient (Wildman–Crippen LogP) is 2.75. The van der Waals surface area contributed by atoms with Crippen LogP contribution in [-0.2, 0) is 9.63 Å². The molecule has 1 aliphatic rings. The summed E-state index contributed by atoms with van der Waals surface area (Å²) in [5, 5.41) is 6.88. The lowest BCUT2D eigenvalue weighted by Crippen LogP contribution is -2.42. The Morgan fingerprint density at radius 1 is 1.29 bits per heavy atom. The molecule has 1 saturated carbocycles. The third kappa shape index (κ3) is 4.88. The van der Waals surface area contributed by atoms with E-state index in [0.29, 0.717) is 17.4 Å². The number of carbonyl (C=O) groups is 1. The highest BCUT2D eigenvalue weighted by atomic mass is 16.6. The molecule has 0 aliphatic heterocycles. The number of methoxy groups -OCH3 is 2. The summed E-state index contributed by atoms with van der Waals surface area (Å²) in [6.45, 7) is 2.09. The maximum Gasteiger partial charge on any atom is 0.261 e. The minimum absolute atomic E-state index is 0.0913. The van der Waals surface area contributed by atoms with E-state index in [1.54, 1.807) is 20.3 Å². The molecule has 0 aromatic heterocycles. The summed E-state index contributed by atoms with van der Waals surface area (Å²) < 4.78 is 10.5. The predicted molar refractivity (Wildman–Crippen MR) is 92.7 cm³/mol. The molecule has 1 aromatic carbocycles. The van der Waals surface area contributed by atoms with Crippen molar-refractivity contribution in [3.8, 4) is 11.5 Å². The third-order valence-corrected chi connectivity index (χ3v) is 4.35. The van der Waals surface area contributed by atoms with Crippen molar-refractivity contribution in [2.75, 3.05) is 20.8 Å². The highest BCUT2D eigenvalue weighted by molar-refractivity contribution is 5.84. The number of hydrogen-bond acceptors (Lipinski definition) is 5. The molecule has 2 atom stereocenters. The van der Waals surface area contributed by atoms with Crippen molar-refractivity contribution >= 4 is 12.1 Å². The zero-order valence-electron chi connectivity index (χ0n) is 14.6. The lowest BCUT2D eigenvalue weighted by atomic mass is 9.86. The van der Waals surface area contributed by atoms with Gasteiger partial charge in [-0.25, -0.2) is 0 Å². The van der Waals surface area contributed by atoms with Crippen molar-refractivity contribution in [2.45, 2.75) is 38.6 Å². The molecule has 132 valence electrons. The number of hydrogen-bond donors (Lipinski definition) is 1. The number of amides is 1. The summed E-state index contributed by atoms with van der Waals surface area (Å²) in [5.41, 5.74) is 0.721. The first-order chi connectivity index (χ1) is 11.7. The van der Waals surface area contributed by atoms with Crippen LogP contribution in [0.2, 0.25) is 0 Å². The lowest BCUT2D eigenvalue weighted by Gasteiger charge is -2.29. The summed E-state index contributed by atoms with van der Waals surface area (Å²) in [6.07, 6.45) is 6.13. The standard InChI is InChI=1S/C18H26N2O4/c1-13-7-4-5-9-15(13)20-17(21)12-24-19-11-14-8-6-10-16(22-2)18(14)23-3/h6,8,10-11,13,15H,4-5,7,9,12H2,1-3H3,(H,20,21)/b19-11-/t13-,15+/m0/s1. The summed E-state index contributed by atoms with van der Waals surface area (Å²) in [5.74, 6) is 1.58. The first-order valence-corrected chi connectivity index (χ1v) is 8.31. The molecule has 0 bridgehead atoms. The molecule has 1 amide bonds. The maximum absolute atomic E-state index is 11.9. The van der Waals surface area contributed by atoms with Crippen LogP contribution in [0.15, 0.2) is 23.4 Å². The largest absolute Gasteiger partial charge is 0.493 e. The number of ether oxygens (including phenoxy) is 2. The molecule has 0 saturated heterocycles. The fourth-order valence-electron chi connectivity index (χ4n) is 2.98. The van der Waals surface area contributed by atoms with Crippen LogP contribution in [0.25, 0.3) is 0 Å². The van der Waals surface area contributed by atoms with Crippen LogP contribution in [0.1, 0.15) is 38.2 Å². The number of oxime groups is 1. The Labute approximate surface area is 143 Å². The van der Waals surface area contributed by atoms with Crippen molar-refractivity contribution in [1.29, 1.82) is 0 Å². The van der Waals surface area contributed by atoms with Gasteiger partial charge in [-0.3, -0.25) is 4.79 Å². The van der Waals surface area contributed by atoms with E-state index in [-0.39, 0.29) is 18.6 Å². The smallest absolute Gasteiger partial charge is 0.261 e. The van der Waals surface area contributed by atoms with E-state index in [9.17, 15) is 4.79 Å². The summed E-state index contributed by atoms with van der Waals surface area (Å²) >= 11 is 0. The third-order valence-electron chi connectivity index (χ3n) is 4.35. The molecule has 6 nitrogen and oxygen atoms in total. The molecule has 0 unspecified atom stereocenters. The summed E-state index contributed by atoms with van der Waals surface area (Å²) in [4.78, 5) is 17.0. The second-order valence-electron chi connectivity index (χ2n) is 6.03. The van der Waals surface area contributed by atoms with Crippen LogP contribution >= 0.6 is 0 Å². The number of nitrogens with zero attached hydrogens (tertiary/aromatic N) is 1. The first kappa shape index (κ1) is 18.1. The lowest BCUT2D eigenvalue weighted by molar-refractivity contribution is -0.126. The molecule has 6 heteroatoms. The van der Waals surface area contributed by atoms with Gasteiger partial charge in [0.2, 0.25) is 0 Å². The molecule has 24 heavy (non-hydrogen) atoms. The molecule has 1 N–H and O–H groups in total. The average molecular weight is 334 g/mol. The van der Waals surface area contributed by atoms with Crippen molar-refractivity contribution in [1.82, 2.24) is 5.32 Å². The molecule has 1 aromatic rings. The monoisotopic (exact) mass is 334 g/mol. The molecule has 0 heterocycles. The minimum Gasteiger partial charge on any atom is -0.493 e. The highest BCUT2D eigenvalue weighted by Gasteiger charge is 2.22. The molecular weight excluding hydrogens is 308 g/mol. The van der Waals surface area contributed by atoms with E-state index in [2.05, 4.69) is 17.4 Å². The molecular formula is C18H26N2O4. The molecule has 0 radical (unpaired) electrons. The van der Waals surface area contributed by atoms with Crippen LogP contribution in [-0.4, -0.2) is 39.0 Å². The average Bonchev–Trinajstić information content (AvgIpc) is 2.60.